The molecule has 2 amide bonds. The third-order valence-corrected chi connectivity index (χ3v) is 4.43. The molecule has 0 bridgehead atoms. The Morgan fingerprint density at radius 1 is 1.04 bits per heavy atom. The lowest BCUT2D eigenvalue weighted by atomic mass is 9.95. The summed E-state index contributed by atoms with van der Waals surface area (Å²) in [6, 6.07) is 14.1. The lowest BCUT2D eigenvalue weighted by Crippen LogP contribution is -2.45. The number of hydrogen-bond donors (Lipinski definition) is 2. The zero-order chi connectivity index (χ0) is 19.4. The molecule has 0 aromatic heterocycles. The molecular formula is C21H22N2O4. The van der Waals surface area contributed by atoms with Gasteiger partial charge in [-0.1, -0.05) is 42.0 Å². The minimum atomic E-state index is -0.553. The molecule has 0 fully saturated rings. The number of urea groups is 1. The highest BCUT2D eigenvalue weighted by Gasteiger charge is 2.32. The zero-order valence-electron chi connectivity index (χ0n) is 15.5. The summed E-state index contributed by atoms with van der Waals surface area (Å²) >= 11 is 0. The van der Waals surface area contributed by atoms with Gasteiger partial charge in [0.1, 0.15) is 12.4 Å². The molecule has 2 aromatic rings. The van der Waals surface area contributed by atoms with Gasteiger partial charge in [-0.25, -0.2) is 9.59 Å². The van der Waals surface area contributed by atoms with Gasteiger partial charge in [0, 0.05) is 5.70 Å². The number of esters is 1. The van der Waals surface area contributed by atoms with Crippen LogP contribution in [0, 0.1) is 6.92 Å². The van der Waals surface area contributed by atoms with Crippen LogP contribution >= 0.6 is 0 Å². The molecule has 0 saturated heterocycles. The molecule has 1 atom stereocenters. The second-order valence-electron chi connectivity index (χ2n) is 6.41. The van der Waals surface area contributed by atoms with Crippen LogP contribution in [0.4, 0.5) is 4.79 Å². The van der Waals surface area contributed by atoms with E-state index in [1.54, 1.807) is 14.0 Å². The van der Waals surface area contributed by atoms with Crippen LogP contribution in [0.3, 0.4) is 0 Å². The number of methoxy groups -OCH3 is 1. The van der Waals surface area contributed by atoms with Crippen LogP contribution in [-0.2, 0) is 16.1 Å². The summed E-state index contributed by atoms with van der Waals surface area (Å²) in [5, 5.41) is 5.45. The van der Waals surface area contributed by atoms with Crippen molar-refractivity contribution in [3.63, 3.8) is 0 Å². The first-order chi connectivity index (χ1) is 13.0. The molecule has 140 valence electrons. The number of nitrogens with one attached hydrogen (secondary N) is 2. The van der Waals surface area contributed by atoms with E-state index >= 15 is 0 Å². The highest BCUT2D eigenvalue weighted by Crippen LogP contribution is 2.28. The van der Waals surface area contributed by atoms with Crippen LogP contribution in [0.1, 0.15) is 29.7 Å². The average molecular weight is 366 g/mol. The van der Waals surface area contributed by atoms with E-state index in [9.17, 15) is 9.59 Å². The number of amides is 2. The maximum absolute atomic E-state index is 12.8. The van der Waals surface area contributed by atoms with Crippen molar-refractivity contribution >= 4 is 12.0 Å². The fraction of sp³-hybridized carbons (Fsp3) is 0.238. The number of hydrogen-bond acceptors (Lipinski definition) is 4. The summed E-state index contributed by atoms with van der Waals surface area (Å²) in [4.78, 5) is 24.7. The number of aryl methyl sites for hydroxylation is 1. The zero-order valence-corrected chi connectivity index (χ0v) is 15.5. The standard InChI is InChI=1S/C21H22N2O4/c1-13-4-8-16(9-5-13)19-18(14(2)22-21(25)23-19)20(24)27-12-15-6-10-17(26-3)11-7-15/h4-11,19H,12H2,1-3H3,(H2,22,23,25)/t19-/m1/s1. The fourth-order valence-electron chi connectivity index (χ4n) is 2.92. The molecule has 1 aliphatic rings. The fourth-order valence-corrected chi connectivity index (χ4v) is 2.92. The van der Waals surface area contributed by atoms with E-state index in [1.807, 2.05) is 55.5 Å². The topological polar surface area (TPSA) is 76.7 Å². The first-order valence-electron chi connectivity index (χ1n) is 8.63. The number of ether oxygens (including phenoxy) is 2. The Kier molecular flexibility index (Phi) is 5.45. The molecule has 2 aromatic carbocycles. The molecule has 3 rings (SSSR count). The first kappa shape index (κ1) is 18.5. The SMILES string of the molecule is COc1ccc(COC(=O)C2=C(C)NC(=O)N[C@@H]2c2ccc(C)cc2)cc1. The lowest BCUT2D eigenvalue weighted by molar-refractivity contribution is -0.140. The molecule has 27 heavy (non-hydrogen) atoms. The summed E-state index contributed by atoms with van der Waals surface area (Å²) in [7, 11) is 1.60. The Hall–Kier alpha value is -3.28. The van der Waals surface area contributed by atoms with E-state index in [2.05, 4.69) is 10.6 Å². The van der Waals surface area contributed by atoms with Crippen molar-refractivity contribution in [1.82, 2.24) is 10.6 Å². The highest BCUT2D eigenvalue weighted by atomic mass is 16.5. The van der Waals surface area contributed by atoms with E-state index in [0.29, 0.717) is 11.3 Å². The van der Waals surface area contributed by atoms with Crippen LogP contribution in [-0.4, -0.2) is 19.1 Å². The van der Waals surface area contributed by atoms with Crippen LogP contribution in [0.2, 0.25) is 0 Å². The second-order valence-corrected chi connectivity index (χ2v) is 6.41. The van der Waals surface area contributed by atoms with Gasteiger partial charge in [-0.15, -0.1) is 0 Å². The van der Waals surface area contributed by atoms with Gasteiger partial charge in [0.25, 0.3) is 0 Å². The van der Waals surface area contributed by atoms with Gasteiger partial charge in [-0.2, -0.15) is 0 Å². The number of benzene rings is 2. The van der Waals surface area contributed by atoms with E-state index in [-0.39, 0.29) is 12.6 Å². The van der Waals surface area contributed by atoms with Crippen molar-refractivity contribution in [3.8, 4) is 5.75 Å². The molecule has 2 N–H and O–H groups in total. The Labute approximate surface area is 158 Å². The van der Waals surface area contributed by atoms with Crippen molar-refractivity contribution in [2.45, 2.75) is 26.5 Å². The summed E-state index contributed by atoms with van der Waals surface area (Å²) < 4.78 is 10.6. The average Bonchev–Trinajstić information content (AvgIpc) is 2.66. The summed E-state index contributed by atoms with van der Waals surface area (Å²) in [6.45, 7) is 3.81. The van der Waals surface area contributed by atoms with Crippen molar-refractivity contribution in [3.05, 3.63) is 76.5 Å². The predicted octanol–water partition coefficient (Wildman–Crippen LogP) is 3.37. The van der Waals surface area contributed by atoms with Gasteiger partial charge in [0.15, 0.2) is 0 Å². The van der Waals surface area contributed by atoms with Gasteiger partial charge in [-0.3, -0.25) is 0 Å². The molecule has 1 aliphatic heterocycles. The molecule has 1 heterocycles. The number of allylic oxidation sites excluding steroid dienone is 1. The number of rotatable bonds is 5. The van der Waals surface area contributed by atoms with Gasteiger partial charge in [0.05, 0.1) is 18.7 Å². The van der Waals surface area contributed by atoms with Gasteiger partial charge in [0.2, 0.25) is 0 Å². The van der Waals surface area contributed by atoms with E-state index in [4.69, 9.17) is 9.47 Å². The monoisotopic (exact) mass is 366 g/mol. The molecule has 6 nitrogen and oxygen atoms in total. The van der Waals surface area contributed by atoms with Crippen molar-refractivity contribution in [2.24, 2.45) is 0 Å². The summed E-state index contributed by atoms with van der Waals surface area (Å²) in [5.41, 5.74) is 3.66. The molecule has 0 radical (unpaired) electrons. The van der Waals surface area contributed by atoms with Crippen LogP contribution in [0.25, 0.3) is 0 Å². The Balaban J connectivity index is 1.79. The van der Waals surface area contributed by atoms with Gasteiger partial charge in [-0.05, 0) is 37.1 Å². The Bertz CT molecular complexity index is 870. The first-order valence-corrected chi connectivity index (χ1v) is 8.63. The van der Waals surface area contributed by atoms with Gasteiger partial charge >= 0.3 is 12.0 Å². The maximum atomic E-state index is 12.8. The maximum Gasteiger partial charge on any atom is 0.338 e. The molecule has 6 heteroatoms. The number of carbonyl (C=O) groups is 2. The van der Waals surface area contributed by atoms with Crippen molar-refractivity contribution in [2.75, 3.05) is 7.11 Å². The second kappa shape index (κ2) is 7.95. The normalized spacial score (nSPS) is 16.4. The number of carbonyl (C=O) groups excluding carboxylic acids is 2. The van der Waals surface area contributed by atoms with E-state index in [0.717, 1.165) is 22.4 Å². The van der Waals surface area contributed by atoms with Crippen LogP contribution in [0.15, 0.2) is 59.8 Å². The minimum Gasteiger partial charge on any atom is -0.497 e. The lowest BCUT2D eigenvalue weighted by Gasteiger charge is -2.28. The Morgan fingerprint density at radius 3 is 2.33 bits per heavy atom. The van der Waals surface area contributed by atoms with E-state index in [1.165, 1.54) is 0 Å². The molecule has 0 unspecified atom stereocenters. The minimum absolute atomic E-state index is 0.133. The largest absolute Gasteiger partial charge is 0.497 e. The van der Waals surface area contributed by atoms with Crippen molar-refractivity contribution < 1.29 is 19.1 Å². The molecule has 0 aliphatic carbocycles. The quantitative estimate of drug-likeness (QED) is 0.796. The predicted molar refractivity (Wildman–Crippen MR) is 101 cm³/mol. The smallest absolute Gasteiger partial charge is 0.338 e. The molecular weight excluding hydrogens is 344 g/mol. The summed E-state index contributed by atoms with van der Waals surface area (Å²) in [6.07, 6.45) is 0. The van der Waals surface area contributed by atoms with E-state index < -0.39 is 12.0 Å². The van der Waals surface area contributed by atoms with Crippen LogP contribution < -0.4 is 15.4 Å². The third-order valence-electron chi connectivity index (χ3n) is 4.43. The highest BCUT2D eigenvalue weighted by molar-refractivity contribution is 5.95. The third kappa shape index (κ3) is 4.28. The summed E-state index contributed by atoms with van der Waals surface area (Å²) in [5.74, 6) is 0.267. The molecule has 0 saturated carbocycles. The van der Waals surface area contributed by atoms with Crippen molar-refractivity contribution in [1.29, 1.82) is 0 Å². The molecule has 0 spiro atoms. The Morgan fingerprint density at radius 2 is 1.70 bits per heavy atom. The van der Waals surface area contributed by atoms with Gasteiger partial charge < -0.3 is 20.1 Å². The van der Waals surface area contributed by atoms with Crippen LogP contribution in [0.5, 0.6) is 5.75 Å².